The third-order valence-electron chi connectivity index (χ3n) is 8.33. The predicted octanol–water partition coefficient (Wildman–Crippen LogP) is 8.20. The van der Waals surface area contributed by atoms with Crippen molar-refractivity contribution in [1.29, 1.82) is 0 Å². The Morgan fingerprint density at radius 3 is 2.33 bits per heavy atom. The van der Waals surface area contributed by atoms with E-state index in [9.17, 15) is 14.4 Å². The number of amides is 3. The summed E-state index contributed by atoms with van der Waals surface area (Å²) in [5.74, 6) is 0.0816. The first-order valence-corrected chi connectivity index (χ1v) is 16.1. The molecule has 0 fully saturated rings. The Hall–Kier alpha value is -5.48. The summed E-state index contributed by atoms with van der Waals surface area (Å²) in [6.45, 7) is 5.72. The van der Waals surface area contributed by atoms with E-state index < -0.39 is 11.7 Å². The van der Waals surface area contributed by atoms with E-state index in [1.807, 2.05) is 66.7 Å². The van der Waals surface area contributed by atoms with Crippen LogP contribution in [0.25, 0.3) is 32.6 Å². The number of anilines is 2. The maximum absolute atomic E-state index is 14.2. The summed E-state index contributed by atoms with van der Waals surface area (Å²) < 4.78 is 5.47. The lowest BCUT2D eigenvalue weighted by molar-refractivity contribution is -0.0555. The number of hydrogen-bond acceptors (Lipinski definition) is 5. The number of carbonyl (C=O) groups is 3. The molecule has 10 nitrogen and oxygen atoms in total. The van der Waals surface area contributed by atoms with E-state index in [0.29, 0.717) is 40.9 Å². The molecule has 3 amide bonds. The largest absolute Gasteiger partial charge is 0.443 e. The zero-order chi connectivity index (χ0) is 33.7. The number of halogens is 1. The van der Waals surface area contributed by atoms with Crippen molar-refractivity contribution in [2.75, 3.05) is 29.7 Å². The van der Waals surface area contributed by atoms with Crippen LogP contribution in [0.4, 0.5) is 16.2 Å². The molecule has 3 N–H and O–H groups in total. The lowest BCUT2D eigenvalue weighted by Gasteiger charge is -2.25. The molecule has 1 aliphatic heterocycles. The molecule has 1 atom stereocenters. The predicted molar refractivity (Wildman–Crippen MR) is 188 cm³/mol. The summed E-state index contributed by atoms with van der Waals surface area (Å²) in [4.78, 5) is 54.0. The highest BCUT2D eigenvalue weighted by Crippen LogP contribution is 2.46. The molecule has 0 aliphatic carbocycles. The van der Waals surface area contributed by atoms with Crippen LogP contribution in [0.3, 0.4) is 0 Å². The van der Waals surface area contributed by atoms with Gasteiger partial charge in [-0.25, -0.2) is 4.79 Å². The third kappa shape index (κ3) is 5.79. The van der Waals surface area contributed by atoms with Crippen molar-refractivity contribution < 1.29 is 24.0 Å². The van der Waals surface area contributed by atoms with E-state index >= 15 is 0 Å². The molecule has 244 valence electrons. The molecular formula is C37H34ClN5O5. The highest BCUT2D eigenvalue weighted by molar-refractivity contribution is 6.19. The van der Waals surface area contributed by atoms with Crippen LogP contribution in [0.2, 0.25) is 0 Å². The molecule has 3 heterocycles. The highest BCUT2D eigenvalue weighted by Gasteiger charge is 2.36. The topological polar surface area (TPSA) is 120 Å². The van der Waals surface area contributed by atoms with Gasteiger partial charge in [0.2, 0.25) is 0 Å². The number of rotatable bonds is 6. The monoisotopic (exact) mass is 663 g/mol. The first-order chi connectivity index (χ1) is 23.0. The minimum Gasteiger partial charge on any atom is -0.442 e. The zero-order valence-electron chi connectivity index (χ0n) is 26.9. The van der Waals surface area contributed by atoms with Gasteiger partial charge in [0.15, 0.2) is 5.75 Å². The number of hydrogen-bond donors (Lipinski definition) is 3. The van der Waals surface area contributed by atoms with Crippen LogP contribution in [0, 0.1) is 0 Å². The van der Waals surface area contributed by atoms with Gasteiger partial charge in [0.05, 0.1) is 12.7 Å². The van der Waals surface area contributed by atoms with Crippen molar-refractivity contribution in [1.82, 2.24) is 15.0 Å². The first kappa shape index (κ1) is 31.1. The Kier molecular flexibility index (Phi) is 7.75. The SMILES string of the molecule is CN(Oc1cc2c(c3ccccc13)[C@@H](CCl)CN2C(=O)c1cc2cc(NC(=O)c3cc4ccccc4[nH]3)ccc2[nH]1)C(=O)OC(C)(C)C. The molecule has 6 aromatic rings. The lowest BCUT2D eigenvalue weighted by Crippen LogP contribution is -2.36. The molecule has 2 aromatic heterocycles. The summed E-state index contributed by atoms with van der Waals surface area (Å²) in [7, 11) is 1.49. The number of ether oxygens (including phenoxy) is 1. The van der Waals surface area contributed by atoms with Crippen molar-refractivity contribution in [3.63, 3.8) is 0 Å². The number of benzene rings is 4. The molecule has 1 aliphatic rings. The second-order valence-electron chi connectivity index (χ2n) is 12.9. The van der Waals surface area contributed by atoms with E-state index in [4.69, 9.17) is 21.2 Å². The summed E-state index contributed by atoms with van der Waals surface area (Å²) in [6.07, 6.45) is -0.645. The fourth-order valence-corrected chi connectivity index (χ4v) is 6.43. The fourth-order valence-electron chi connectivity index (χ4n) is 6.18. The van der Waals surface area contributed by atoms with Gasteiger partial charge < -0.3 is 29.8 Å². The van der Waals surface area contributed by atoms with Crippen LogP contribution in [-0.4, -0.2) is 58.0 Å². The van der Waals surface area contributed by atoms with Crippen LogP contribution in [0.5, 0.6) is 5.75 Å². The Bertz CT molecular complexity index is 2200. The summed E-state index contributed by atoms with van der Waals surface area (Å²) >= 11 is 6.49. The molecule has 48 heavy (non-hydrogen) atoms. The van der Waals surface area contributed by atoms with Crippen molar-refractivity contribution in [2.24, 2.45) is 0 Å². The zero-order valence-corrected chi connectivity index (χ0v) is 27.6. The average molecular weight is 664 g/mol. The number of nitrogens with zero attached hydrogens (tertiary/aromatic N) is 2. The van der Waals surface area contributed by atoms with Gasteiger partial charge in [-0.05, 0) is 68.1 Å². The van der Waals surface area contributed by atoms with Crippen LogP contribution in [-0.2, 0) is 4.74 Å². The molecule has 0 saturated heterocycles. The van der Waals surface area contributed by atoms with Crippen LogP contribution >= 0.6 is 11.6 Å². The number of para-hydroxylation sites is 1. The van der Waals surface area contributed by atoms with E-state index in [2.05, 4.69) is 15.3 Å². The van der Waals surface area contributed by atoms with Crippen LogP contribution in [0.15, 0.2) is 84.9 Å². The Morgan fingerprint density at radius 2 is 1.58 bits per heavy atom. The lowest BCUT2D eigenvalue weighted by atomic mass is 9.95. The molecule has 0 radical (unpaired) electrons. The number of aromatic nitrogens is 2. The molecule has 7 rings (SSSR count). The summed E-state index contributed by atoms with van der Waals surface area (Å²) in [5.41, 5.74) is 3.96. The van der Waals surface area contributed by atoms with E-state index in [1.54, 1.807) is 43.9 Å². The van der Waals surface area contributed by atoms with E-state index in [0.717, 1.165) is 43.2 Å². The quantitative estimate of drug-likeness (QED) is 0.123. The van der Waals surface area contributed by atoms with Crippen LogP contribution in [0.1, 0.15) is 53.2 Å². The van der Waals surface area contributed by atoms with Crippen molar-refractivity contribution in [3.05, 3.63) is 102 Å². The molecule has 0 bridgehead atoms. The van der Waals surface area contributed by atoms with Crippen molar-refractivity contribution in [2.45, 2.75) is 32.3 Å². The first-order valence-electron chi connectivity index (χ1n) is 15.6. The van der Waals surface area contributed by atoms with Gasteiger partial charge in [0.25, 0.3) is 11.8 Å². The van der Waals surface area contributed by atoms with Gasteiger partial charge in [-0.15, -0.1) is 16.7 Å². The number of H-pyrrole nitrogens is 2. The van der Waals surface area contributed by atoms with Crippen molar-refractivity contribution >= 4 is 73.5 Å². The molecule has 0 spiro atoms. The van der Waals surface area contributed by atoms with Crippen molar-refractivity contribution in [3.8, 4) is 5.75 Å². The molecule has 0 unspecified atom stereocenters. The average Bonchev–Trinajstić information content (AvgIpc) is 3.78. The van der Waals surface area contributed by atoms with Gasteiger partial charge in [-0.3, -0.25) is 9.59 Å². The fraction of sp³-hybridized carbons (Fsp3) is 0.216. The standard InChI is InChI=1S/C37H34ClN5O5/c1-37(2,3)47-36(46)42(4)48-32-18-31-33(26-11-7-6-10-25(26)32)23(19-38)20-43(31)35(45)30-17-22-15-24(13-14-28(22)41-30)39-34(44)29-16-21-9-5-8-12-27(21)40-29/h5-18,23,40-41H,19-20H2,1-4H3,(H,39,44)/t23-/m0/s1. The summed E-state index contributed by atoms with van der Waals surface area (Å²) in [6, 6.07) is 26.2. The van der Waals surface area contributed by atoms with Gasteiger partial charge >= 0.3 is 6.09 Å². The van der Waals surface area contributed by atoms with Gasteiger partial charge in [0, 0.05) is 57.3 Å². The Morgan fingerprint density at radius 1 is 0.896 bits per heavy atom. The minimum absolute atomic E-state index is 0.121. The normalized spacial score (nSPS) is 14.4. The highest BCUT2D eigenvalue weighted by atomic mass is 35.5. The minimum atomic E-state index is -0.700. The van der Waals surface area contributed by atoms with E-state index in [-0.39, 0.29) is 17.7 Å². The molecular weight excluding hydrogens is 630 g/mol. The molecule has 11 heteroatoms. The number of aromatic amines is 2. The Balaban J connectivity index is 1.18. The molecule has 0 saturated carbocycles. The number of fused-ring (bicyclic) bond motifs is 5. The number of nitrogens with one attached hydrogen (secondary N) is 3. The Labute approximate surface area is 281 Å². The van der Waals surface area contributed by atoms with E-state index in [1.165, 1.54) is 7.05 Å². The van der Waals surface area contributed by atoms with Crippen LogP contribution < -0.4 is 15.1 Å². The van der Waals surface area contributed by atoms with Gasteiger partial charge in [-0.1, -0.05) is 42.5 Å². The number of carbonyl (C=O) groups excluding carboxylic acids is 3. The van der Waals surface area contributed by atoms with Gasteiger partial charge in [-0.2, -0.15) is 0 Å². The smallest absolute Gasteiger partial charge is 0.442 e. The van der Waals surface area contributed by atoms with Gasteiger partial charge in [0.1, 0.15) is 17.0 Å². The number of hydroxylamine groups is 2. The third-order valence-corrected chi connectivity index (χ3v) is 8.70. The second-order valence-corrected chi connectivity index (χ2v) is 13.2. The summed E-state index contributed by atoms with van der Waals surface area (Å²) in [5, 5.41) is 7.38. The molecule has 4 aromatic carbocycles. The number of alkyl halides is 1. The maximum Gasteiger partial charge on any atom is 0.443 e. The second kappa shape index (κ2) is 12.0. The maximum atomic E-state index is 14.2.